The predicted molar refractivity (Wildman–Crippen MR) is 348 cm³/mol. The van der Waals surface area contributed by atoms with Gasteiger partial charge in [0.2, 0.25) is 5.91 Å². The molecule has 0 radical (unpaired) electrons. The molecule has 0 aromatic heterocycles. The number of phosphoric ester groups is 1. The maximum Gasteiger partial charge on any atom is 0.306 e. The summed E-state index contributed by atoms with van der Waals surface area (Å²) in [6, 6.07) is -0.920. The van der Waals surface area contributed by atoms with Crippen LogP contribution in [0.25, 0.3) is 0 Å². The number of esters is 1. The normalized spacial score (nSPS) is 14.5. The summed E-state index contributed by atoms with van der Waals surface area (Å²) in [4.78, 5) is 40.0. The van der Waals surface area contributed by atoms with Gasteiger partial charge in [-0.05, 0) is 128 Å². The second kappa shape index (κ2) is 59.3. The summed E-state index contributed by atoms with van der Waals surface area (Å²) in [7, 11) is 1.13. The molecule has 1 N–H and O–H groups in total. The van der Waals surface area contributed by atoms with E-state index >= 15 is 0 Å². The first-order valence-electron chi connectivity index (χ1n) is 32.5. The minimum atomic E-state index is -4.72. The lowest BCUT2D eigenvalue weighted by Crippen LogP contribution is -2.47. The van der Waals surface area contributed by atoms with Crippen molar-refractivity contribution >= 4 is 19.7 Å². The average Bonchev–Trinajstić information content (AvgIpc) is 3.43. The Bertz CT molecular complexity index is 1850. The van der Waals surface area contributed by atoms with E-state index in [0.717, 1.165) is 135 Å². The first-order valence-corrected chi connectivity index (χ1v) is 34.0. The first kappa shape index (κ1) is 77.2. The van der Waals surface area contributed by atoms with Crippen LogP contribution in [-0.4, -0.2) is 69.4 Å². The molecule has 0 saturated heterocycles. The van der Waals surface area contributed by atoms with E-state index in [1.807, 2.05) is 33.3 Å². The highest BCUT2D eigenvalue weighted by molar-refractivity contribution is 7.45. The van der Waals surface area contributed by atoms with Gasteiger partial charge in [-0.1, -0.05) is 245 Å². The molecule has 0 rings (SSSR count). The van der Waals surface area contributed by atoms with Gasteiger partial charge >= 0.3 is 5.97 Å². The number of quaternary nitrogens is 1. The summed E-state index contributed by atoms with van der Waals surface area (Å²) >= 11 is 0. The van der Waals surface area contributed by atoms with Gasteiger partial charge in [-0.25, -0.2) is 0 Å². The molecule has 462 valence electrons. The van der Waals surface area contributed by atoms with Crippen LogP contribution in [0.5, 0.6) is 0 Å². The number of allylic oxidation sites excluding steroid dienone is 21. The largest absolute Gasteiger partial charge is 0.756 e. The predicted octanol–water partition coefficient (Wildman–Crippen LogP) is 19.8. The minimum Gasteiger partial charge on any atom is -0.756 e. The molecule has 0 aliphatic rings. The molecule has 3 unspecified atom stereocenters. The van der Waals surface area contributed by atoms with E-state index in [0.29, 0.717) is 23.9 Å². The van der Waals surface area contributed by atoms with E-state index in [1.165, 1.54) is 70.6 Å². The molecular formula is C71H121N2O7P. The fraction of sp³-hybridized carbons (Fsp3) is 0.662. The number of nitrogens with one attached hydrogen (secondary N) is 1. The zero-order valence-corrected chi connectivity index (χ0v) is 53.6. The van der Waals surface area contributed by atoms with Crippen molar-refractivity contribution in [3.05, 3.63) is 134 Å². The zero-order chi connectivity index (χ0) is 59.3. The second-order valence-electron chi connectivity index (χ2n) is 22.5. The summed E-state index contributed by atoms with van der Waals surface area (Å²) in [6.45, 7) is 6.65. The van der Waals surface area contributed by atoms with Crippen LogP contribution < -0.4 is 10.2 Å². The van der Waals surface area contributed by atoms with Crippen LogP contribution in [0.3, 0.4) is 0 Å². The molecule has 0 heterocycles. The fourth-order valence-corrected chi connectivity index (χ4v) is 9.29. The smallest absolute Gasteiger partial charge is 0.306 e. The second-order valence-corrected chi connectivity index (χ2v) is 23.9. The number of carbonyl (C=O) groups is 2. The monoisotopic (exact) mass is 1140 g/mol. The molecular weight excluding hydrogens is 1020 g/mol. The van der Waals surface area contributed by atoms with Crippen LogP contribution >= 0.6 is 7.82 Å². The van der Waals surface area contributed by atoms with Gasteiger partial charge in [-0.3, -0.25) is 14.2 Å². The molecule has 10 heteroatoms. The van der Waals surface area contributed by atoms with Crippen molar-refractivity contribution in [1.82, 2.24) is 5.32 Å². The molecule has 0 fully saturated rings. The summed E-state index contributed by atoms with van der Waals surface area (Å²) in [5, 5.41) is 3.01. The molecule has 3 atom stereocenters. The number of rotatable bonds is 57. The average molecular weight is 1150 g/mol. The van der Waals surface area contributed by atoms with Crippen molar-refractivity contribution in [2.45, 2.75) is 264 Å². The summed E-state index contributed by atoms with van der Waals surface area (Å²) in [5.41, 5.74) is 0. The number of likely N-dealkylation sites (N-methyl/N-ethyl adjacent to an activating group) is 1. The third-order valence-electron chi connectivity index (χ3n) is 13.6. The van der Waals surface area contributed by atoms with E-state index in [1.54, 1.807) is 0 Å². The van der Waals surface area contributed by atoms with E-state index in [-0.39, 0.29) is 31.3 Å². The molecule has 0 aliphatic heterocycles. The Hall–Kier alpha value is -3.85. The van der Waals surface area contributed by atoms with E-state index in [9.17, 15) is 19.0 Å². The Balaban J connectivity index is 5.27. The fourth-order valence-electron chi connectivity index (χ4n) is 8.57. The van der Waals surface area contributed by atoms with Crippen LogP contribution in [0.1, 0.15) is 252 Å². The van der Waals surface area contributed by atoms with Crippen molar-refractivity contribution in [2.75, 3.05) is 40.9 Å². The van der Waals surface area contributed by atoms with Crippen molar-refractivity contribution in [2.24, 2.45) is 0 Å². The number of carbonyl (C=O) groups excluding carboxylic acids is 2. The highest BCUT2D eigenvalue weighted by Gasteiger charge is 2.27. The Morgan fingerprint density at radius 1 is 0.444 bits per heavy atom. The minimum absolute atomic E-state index is 0.0387. The van der Waals surface area contributed by atoms with Gasteiger partial charge in [0.1, 0.15) is 19.3 Å². The number of ether oxygens (including phenoxy) is 1. The van der Waals surface area contributed by atoms with Gasteiger partial charge in [-0.15, -0.1) is 0 Å². The number of hydrogen-bond donors (Lipinski definition) is 1. The quantitative estimate of drug-likeness (QED) is 0.0212. The van der Waals surface area contributed by atoms with Gasteiger partial charge in [-0.2, -0.15) is 0 Å². The van der Waals surface area contributed by atoms with Crippen molar-refractivity contribution < 1.29 is 37.3 Å². The molecule has 81 heavy (non-hydrogen) atoms. The molecule has 1 amide bonds. The molecule has 0 aromatic rings. The third-order valence-corrected chi connectivity index (χ3v) is 14.5. The van der Waals surface area contributed by atoms with Gasteiger partial charge in [0.15, 0.2) is 0 Å². The lowest BCUT2D eigenvalue weighted by Gasteiger charge is -2.30. The summed E-state index contributed by atoms with van der Waals surface area (Å²) < 4.78 is 30.3. The molecule has 0 aromatic carbocycles. The SMILES string of the molecule is CC/C=C\C/C=C\C/C=C\C/C=C\C/C=C\C/C=C\CCCCCCC(=O)NC(COP(=O)([O-])OCC[N+](C)(C)C)C(/C=C/CCCCCCCCCCC)OC(=O)CCCCCCC/C=C\C/C=C\C/C=C\C/C=C\CCCCC. The highest BCUT2D eigenvalue weighted by Crippen LogP contribution is 2.38. The van der Waals surface area contributed by atoms with Gasteiger partial charge in [0.05, 0.1) is 33.8 Å². The molecule has 0 aliphatic carbocycles. The van der Waals surface area contributed by atoms with Crippen molar-refractivity contribution in [3.63, 3.8) is 0 Å². The number of unbranched alkanes of at least 4 members (excludes halogenated alkanes) is 21. The van der Waals surface area contributed by atoms with Gasteiger partial charge in [0, 0.05) is 12.8 Å². The van der Waals surface area contributed by atoms with E-state index in [4.69, 9.17) is 13.8 Å². The topological polar surface area (TPSA) is 114 Å². The molecule has 0 bridgehead atoms. The Morgan fingerprint density at radius 2 is 0.790 bits per heavy atom. The van der Waals surface area contributed by atoms with Crippen LogP contribution in [0.2, 0.25) is 0 Å². The molecule has 0 saturated carbocycles. The lowest BCUT2D eigenvalue weighted by atomic mass is 10.1. The molecule has 0 spiro atoms. The third kappa shape index (κ3) is 60.6. The summed E-state index contributed by atoms with van der Waals surface area (Å²) in [5.74, 6) is -0.601. The number of nitrogens with zero attached hydrogens (tertiary/aromatic N) is 1. The maximum atomic E-state index is 13.5. The zero-order valence-electron chi connectivity index (χ0n) is 52.7. The maximum absolute atomic E-state index is 13.5. The number of phosphoric acid groups is 1. The van der Waals surface area contributed by atoms with Crippen molar-refractivity contribution in [3.8, 4) is 0 Å². The van der Waals surface area contributed by atoms with Crippen LogP contribution in [0, 0.1) is 0 Å². The highest BCUT2D eigenvalue weighted by atomic mass is 31.2. The van der Waals surface area contributed by atoms with E-state index in [2.05, 4.69) is 148 Å². The Kier molecular flexibility index (Phi) is 56.5. The van der Waals surface area contributed by atoms with Crippen LogP contribution in [-0.2, 0) is 27.9 Å². The van der Waals surface area contributed by atoms with E-state index < -0.39 is 26.6 Å². The van der Waals surface area contributed by atoms with Crippen LogP contribution in [0.4, 0.5) is 0 Å². The summed E-state index contributed by atoms with van der Waals surface area (Å²) in [6.07, 6.45) is 84.2. The first-order chi connectivity index (χ1) is 39.4. The lowest BCUT2D eigenvalue weighted by molar-refractivity contribution is -0.870. The standard InChI is InChI=1S/C71H121N2O7P/c1-7-10-13-16-19-22-25-27-29-31-33-35-36-38-39-41-43-45-48-51-54-57-60-63-70(74)72-68(67-79-81(76,77)78-66-65-73(4,5)6)69(62-59-56-53-50-47-24-21-18-15-12-9-3)80-71(75)64-61-58-55-52-49-46-44-42-40-37-34-32-30-28-26-23-20-17-14-11-8-2/h10,13,19-20,22-23,27-30,33-35,37-39,42-45,59,62,68-69H,7-9,11-12,14-18,21,24-26,31-32,36,40-41,46-58,60-61,63-67H2,1-6H3,(H-,72,74,76,77)/b13-10-,22-19-,23-20-,29-27-,30-28-,35-33-,37-34-,39-38-,44-42-,45-43-,62-59+. The van der Waals surface area contributed by atoms with Crippen molar-refractivity contribution in [1.29, 1.82) is 0 Å². The van der Waals surface area contributed by atoms with Gasteiger partial charge in [0.25, 0.3) is 7.82 Å². The number of amides is 1. The number of hydrogen-bond acceptors (Lipinski definition) is 7. The molecule has 9 nitrogen and oxygen atoms in total. The Labute approximate surface area is 498 Å². The Morgan fingerprint density at radius 3 is 1.21 bits per heavy atom. The van der Waals surface area contributed by atoms with Gasteiger partial charge < -0.3 is 28.5 Å². The van der Waals surface area contributed by atoms with Crippen LogP contribution in [0.15, 0.2) is 134 Å².